The van der Waals surface area contributed by atoms with Crippen LogP contribution in [-0.2, 0) is 19.1 Å². The van der Waals surface area contributed by atoms with Crippen molar-refractivity contribution in [1.29, 1.82) is 0 Å². The summed E-state index contributed by atoms with van der Waals surface area (Å²) in [7, 11) is 0. The minimum Gasteiger partial charge on any atom is -0.477 e. The smallest absolute Gasteiger partial charge is 0.408 e. The highest BCUT2D eigenvalue weighted by Crippen LogP contribution is 2.37. The van der Waals surface area contributed by atoms with Gasteiger partial charge in [-0.1, -0.05) is 30.3 Å². The van der Waals surface area contributed by atoms with E-state index in [-0.39, 0.29) is 5.70 Å². The number of fused-ring (bicyclic) bond motifs is 1. The largest absolute Gasteiger partial charge is 0.477 e. The summed E-state index contributed by atoms with van der Waals surface area (Å²) in [4.78, 5) is 50.2. The van der Waals surface area contributed by atoms with Crippen molar-refractivity contribution in [2.45, 2.75) is 43.8 Å². The Labute approximate surface area is 177 Å². The molecular weight excluding hydrogens is 410 g/mol. The fourth-order valence-corrected chi connectivity index (χ4v) is 4.34. The molecule has 0 radical (unpaired) electrons. The number of ether oxygens (including phenoxy) is 1. The Bertz CT molecular complexity index is 896. The zero-order valence-corrected chi connectivity index (χ0v) is 17.6. The molecule has 0 spiro atoms. The van der Waals surface area contributed by atoms with E-state index in [1.54, 1.807) is 51.1 Å². The molecule has 3 rings (SSSR count). The van der Waals surface area contributed by atoms with Crippen molar-refractivity contribution < 1.29 is 29.0 Å². The molecule has 0 aliphatic carbocycles. The summed E-state index contributed by atoms with van der Waals surface area (Å²) in [5.41, 5.74) is -0.308. The summed E-state index contributed by atoms with van der Waals surface area (Å²) in [6.07, 6.45) is 0.701. The number of benzene rings is 1. The van der Waals surface area contributed by atoms with Crippen molar-refractivity contribution >= 4 is 35.6 Å². The van der Waals surface area contributed by atoms with Gasteiger partial charge in [-0.15, -0.1) is 11.8 Å². The van der Waals surface area contributed by atoms with E-state index in [0.717, 1.165) is 0 Å². The van der Waals surface area contributed by atoms with Crippen LogP contribution in [0.4, 0.5) is 4.79 Å². The molecule has 160 valence electrons. The molecule has 9 nitrogen and oxygen atoms in total. The average molecular weight is 433 g/mol. The first-order valence-corrected chi connectivity index (χ1v) is 10.4. The third-order valence-electron chi connectivity index (χ3n) is 4.42. The molecule has 3 atom stereocenters. The minimum absolute atomic E-state index is 0.0826. The number of carboxylic acids is 1. The SMILES string of the molecule is CC(C)(C)OC(=O)NC(C(=O)N[C@@H]1C(=O)N2C(C(=O)O)=CCS[C@H]12)c1ccccc1. The van der Waals surface area contributed by atoms with Gasteiger partial charge in [-0.2, -0.15) is 0 Å². The summed E-state index contributed by atoms with van der Waals surface area (Å²) >= 11 is 1.36. The van der Waals surface area contributed by atoms with E-state index in [2.05, 4.69) is 10.6 Å². The third kappa shape index (κ3) is 4.59. The van der Waals surface area contributed by atoms with E-state index < -0.39 is 46.9 Å². The summed E-state index contributed by atoms with van der Waals surface area (Å²) in [6, 6.07) is 6.63. The topological polar surface area (TPSA) is 125 Å². The molecule has 2 aliphatic heterocycles. The quantitative estimate of drug-likeness (QED) is 0.603. The molecular formula is C20H23N3O6S. The van der Waals surface area contributed by atoms with Crippen LogP contribution < -0.4 is 10.6 Å². The summed E-state index contributed by atoms with van der Waals surface area (Å²) in [5.74, 6) is -1.86. The first kappa shape index (κ1) is 21.7. The van der Waals surface area contributed by atoms with Gasteiger partial charge >= 0.3 is 12.1 Å². The summed E-state index contributed by atoms with van der Waals surface area (Å²) in [6.45, 7) is 5.12. The highest BCUT2D eigenvalue weighted by atomic mass is 32.2. The van der Waals surface area contributed by atoms with Gasteiger partial charge in [-0.3, -0.25) is 14.5 Å². The minimum atomic E-state index is -1.19. The third-order valence-corrected chi connectivity index (χ3v) is 5.60. The molecule has 1 aromatic carbocycles. The Morgan fingerprint density at radius 1 is 1.23 bits per heavy atom. The van der Waals surface area contributed by atoms with E-state index in [9.17, 15) is 24.3 Å². The molecule has 1 saturated heterocycles. The maximum Gasteiger partial charge on any atom is 0.408 e. The van der Waals surface area contributed by atoms with Crippen molar-refractivity contribution in [2.24, 2.45) is 0 Å². The summed E-state index contributed by atoms with van der Waals surface area (Å²) < 4.78 is 5.25. The molecule has 1 aromatic rings. The normalized spacial score (nSPS) is 21.5. The lowest BCUT2D eigenvalue weighted by molar-refractivity contribution is -0.150. The van der Waals surface area contributed by atoms with E-state index in [1.807, 2.05) is 0 Å². The number of alkyl carbamates (subject to hydrolysis) is 1. The maximum absolute atomic E-state index is 13.0. The lowest BCUT2D eigenvalue weighted by Crippen LogP contribution is -2.70. The van der Waals surface area contributed by atoms with Gasteiger partial charge in [0.25, 0.3) is 5.91 Å². The number of nitrogens with one attached hydrogen (secondary N) is 2. The van der Waals surface area contributed by atoms with Gasteiger partial charge in [0.05, 0.1) is 0 Å². The molecule has 3 N–H and O–H groups in total. The predicted octanol–water partition coefficient (Wildman–Crippen LogP) is 1.62. The lowest BCUT2D eigenvalue weighted by Gasteiger charge is -2.48. The molecule has 0 saturated carbocycles. The average Bonchev–Trinajstić information content (AvgIpc) is 2.68. The van der Waals surface area contributed by atoms with Gasteiger partial charge in [0.15, 0.2) is 0 Å². The van der Waals surface area contributed by atoms with Crippen LogP contribution >= 0.6 is 11.8 Å². The Kier molecular flexibility index (Phi) is 6.06. The molecule has 30 heavy (non-hydrogen) atoms. The zero-order chi connectivity index (χ0) is 22.1. The van der Waals surface area contributed by atoms with Crippen LogP contribution in [0.2, 0.25) is 0 Å². The van der Waals surface area contributed by atoms with Crippen LogP contribution in [0.3, 0.4) is 0 Å². The fourth-order valence-electron chi connectivity index (χ4n) is 3.15. The van der Waals surface area contributed by atoms with Crippen LogP contribution in [0.25, 0.3) is 0 Å². The zero-order valence-electron chi connectivity index (χ0n) is 16.7. The summed E-state index contributed by atoms with van der Waals surface area (Å²) in [5, 5.41) is 13.9. The number of β-lactam (4-membered cyclic amide) rings is 1. The fraction of sp³-hybridized carbons (Fsp3) is 0.400. The predicted molar refractivity (Wildman–Crippen MR) is 109 cm³/mol. The van der Waals surface area contributed by atoms with Crippen LogP contribution in [0, 0.1) is 0 Å². The van der Waals surface area contributed by atoms with E-state index in [1.165, 1.54) is 22.7 Å². The Morgan fingerprint density at radius 2 is 1.90 bits per heavy atom. The second-order valence-electron chi connectivity index (χ2n) is 7.80. The number of hydrogen-bond donors (Lipinski definition) is 3. The van der Waals surface area contributed by atoms with E-state index in [4.69, 9.17) is 4.74 Å². The standard InChI is InChI=1S/C20H23N3O6S/c1-20(2,3)29-19(28)22-13(11-7-5-4-6-8-11)15(24)21-14-16(25)23-12(18(26)27)9-10-30-17(14)23/h4-9,13-14,17H,10H2,1-3H3,(H,21,24)(H,22,28)(H,26,27)/t13?,14-,17-/m1/s1. The highest BCUT2D eigenvalue weighted by molar-refractivity contribution is 8.00. The van der Waals surface area contributed by atoms with Crippen LogP contribution in [0.15, 0.2) is 42.1 Å². The van der Waals surface area contributed by atoms with Crippen molar-refractivity contribution in [2.75, 3.05) is 5.75 Å². The van der Waals surface area contributed by atoms with E-state index in [0.29, 0.717) is 11.3 Å². The van der Waals surface area contributed by atoms with Gasteiger partial charge < -0.3 is 20.5 Å². The lowest BCUT2D eigenvalue weighted by atomic mass is 10.0. The Hall–Kier alpha value is -3.01. The molecule has 0 bridgehead atoms. The number of carboxylic acid groups (broad SMARTS) is 1. The molecule has 0 aromatic heterocycles. The van der Waals surface area contributed by atoms with Gasteiger partial charge in [-0.05, 0) is 32.4 Å². The highest BCUT2D eigenvalue weighted by Gasteiger charge is 2.53. The number of rotatable bonds is 5. The second-order valence-corrected chi connectivity index (χ2v) is 8.95. The number of carbonyl (C=O) groups excluding carboxylic acids is 3. The first-order valence-electron chi connectivity index (χ1n) is 9.31. The Balaban J connectivity index is 1.74. The molecule has 2 heterocycles. The first-order chi connectivity index (χ1) is 14.1. The van der Waals surface area contributed by atoms with E-state index >= 15 is 0 Å². The monoisotopic (exact) mass is 433 g/mol. The van der Waals surface area contributed by atoms with Gasteiger partial charge in [0.1, 0.15) is 28.8 Å². The molecule has 1 unspecified atom stereocenters. The Morgan fingerprint density at radius 3 is 2.50 bits per heavy atom. The van der Waals surface area contributed by atoms with Crippen molar-refractivity contribution in [3.63, 3.8) is 0 Å². The van der Waals surface area contributed by atoms with Gasteiger partial charge in [0.2, 0.25) is 5.91 Å². The number of amides is 3. The van der Waals surface area contributed by atoms with Crippen molar-refractivity contribution in [3.8, 4) is 0 Å². The molecule has 3 amide bonds. The van der Waals surface area contributed by atoms with Crippen molar-refractivity contribution in [1.82, 2.24) is 15.5 Å². The van der Waals surface area contributed by atoms with Crippen molar-refractivity contribution in [3.05, 3.63) is 47.7 Å². The number of nitrogens with zero attached hydrogens (tertiary/aromatic N) is 1. The molecule has 2 aliphatic rings. The molecule has 10 heteroatoms. The van der Waals surface area contributed by atoms with Crippen LogP contribution in [-0.4, -0.2) is 56.7 Å². The van der Waals surface area contributed by atoms with Crippen LogP contribution in [0.1, 0.15) is 32.4 Å². The number of hydrogen-bond acceptors (Lipinski definition) is 6. The number of thioether (sulfide) groups is 1. The number of aliphatic carboxylic acids is 1. The molecule has 1 fully saturated rings. The van der Waals surface area contributed by atoms with Crippen LogP contribution in [0.5, 0.6) is 0 Å². The second kappa shape index (κ2) is 8.39. The number of carbonyl (C=O) groups is 4. The van der Waals surface area contributed by atoms with Gasteiger partial charge in [0, 0.05) is 5.75 Å². The maximum atomic E-state index is 13.0. The van der Waals surface area contributed by atoms with Gasteiger partial charge in [-0.25, -0.2) is 9.59 Å².